The molecule has 1 aliphatic carbocycles. The predicted molar refractivity (Wildman–Crippen MR) is 94.2 cm³/mol. The van der Waals surface area contributed by atoms with Crippen molar-refractivity contribution in [3.63, 3.8) is 0 Å². The Kier molecular flexibility index (Phi) is 6.36. The van der Waals surface area contributed by atoms with Crippen LogP contribution < -0.4 is 10.5 Å². The van der Waals surface area contributed by atoms with E-state index in [1.165, 1.54) is 6.07 Å². The van der Waals surface area contributed by atoms with Crippen molar-refractivity contribution < 1.29 is 30.7 Å². The van der Waals surface area contributed by atoms with Crippen LogP contribution in [0.3, 0.4) is 0 Å². The second-order valence-corrected chi connectivity index (χ2v) is 8.25. The first-order chi connectivity index (χ1) is 12.5. The zero-order valence-electron chi connectivity index (χ0n) is 14.9. The lowest BCUT2D eigenvalue weighted by Gasteiger charge is -2.18. The van der Waals surface area contributed by atoms with Crippen LogP contribution in [0.5, 0.6) is 5.75 Å². The van der Waals surface area contributed by atoms with Crippen LogP contribution in [0.4, 0.5) is 17.6 Å². The number of hydrogen-bond donors (Lipinski definition) is 1. The average molecular weight is 407 g/mol. The van der Waals surface area contributed by atoms with Crippen LogP contribution in [0.2, 0.25) is 0 Å². The number of alkyl halides is 3. The van der Waals surface area contributed by atoms with Gasteiger partial charge in [-0.3, -0.25) is 0 Å². The molecule has 0 aliphatic heterocycles. The fourth-order valence-electron chi connectivity index (χ4n) is 3.01. The van der Waals surface area contributed by atoms with E-state index >= 15 is 0 Å². The molecule has 1 aromatic carbocycles. The molecule has 0 bridgehead atoms. The molecule has 0 saturated heterocycles. The Labute approximate surface area is 155 Å². The normalized spacial score (nSPS) is 18.9. The third-order valence-corrected chi connectivity index (χ3v) is 5.76. The third-order valence-electron chi connectivity index (χ3n) is 4.19. The van der Waals surface area contributed by atoms with Gasteiger partial charge in [-0.1, -0.05) is 13.0 Å². The molecule has 150 valence electrons. The summed E-state index contributed by atoms with van der Waals surface area (Å²) < 4.78 is 82.2. The molecule has 27 heavy (non-hydrogen) atoms. The molecular formula is C18H21F4NO3S. The predicted octanol–water partition coefficient (Wildman–Crippen LogP) is 4.16. The SMILES string of the molecule is CC/C=C(\C1=C(COc2cc(C)cc(F)c2)CC[C@H]1N)S(=O)(=O)C(F)(F)F. The molecule has 0 unspecified atom stereocenters. The lowest BCUT2D eigenvalue weighted by molar-refractivity contribution is -0.0426. The Bertz CT molecular complexity index is 853. The molecule has 0 saturated carbocycles. The lowest BCUT2D eigenvalue weighted by Crippen LogP contribution is -2.30. The van der Waals surface area contributed by atoms with Crippen molar-refractivity contribution in [2.45, 2.75) is 44.7 Å². The standard InChI is InChI=1S/C18H21F4NO3S/c1-3-4-16(27(24,25)18(20,21)22)17-12(5-6-15(17)23)10-26-14-8-11(2)7-13(19)9-14/h4,7-9,15H,3,5-6,10,23H2,1-2H3/b16-4+/t15-/m1/s1. The summed E-state index contributed by atoms with van der Waals surface area (Å²) in [4.78, 5) is -0.809. The molecule has 1 aliphatic rings. The Morgan fingerprint density at radius 2 is 2.00 bits per heavy atom. The van der Waals surface area contributed by atoms with E-state index < -0.39 is 32.1 Å². The van der Waals surface area contributed by atoms with Gasteiger partial charge in [-0.25, -0.2) is 12.8 Å². The molecule has 9 heteroatoms. The van der Waals surface area contributed by atoms with Crippen molar-refractivity contribution >= 4 is 9.84 Å². The molecular weight excluding hydrogens is 386 g/mol. The molecule has 0 aromatic heterocycles. The molecule has 4 nitrogen and oxygen atoms in total. The summed E-state index contributed by atoms with van der Waals surface area (Å²) in [6, 6.07) is 3.19. The van der Waals surface area contributed by atoms with Gasteiger partial charge in [0.15, 0.2) is 0 Å². The number of ether oxygens (including phenoxy) is 1. The number of rotatable bonds is 6. The molecule has 0 fully saturated rings. The van der Waals surface area contributed by atoms with Gasteiger partial charge in [0.1, 0.15) is 18.2 Å². The molecule has 1 atom stereocenters. The molecule has 0 heterocycles. The first-order valence-corrected chi connectivity index (χ1v) is 9.85. The third kappa shape index (κ3) is 4.70. The van der Waals surface area contributed by atoms with Crippen LogP contribution >= 0.6 is 0 Å². The van der Waals surface area contributed by atoms with Crippen LogP contribution in [0.15, 0.2) is 40.3 Å². The quantitative estimate of drug-likeness (QED) is 0.719. The fraction of sp³-hybridized carbons (Fsp3) is 0.444. The monoisotopic (exact) mass is 407 g/mol. The Hall–Kier alpha value is -1.87. The smallest absolute Gasteiger partial charge is 0.489 e. The Balaban J connectivity index is 2.41. The highest BCUT2D eigenvalue weighted by Gasteiger charge is 2.50. The van der Waals surface area contributed by atoms with E-state index in [9.17, 15) is 26.0 Å². The maximum absolute atomic E-state index is 13.5. The summed E-state index contributed by atoms with van der Waals surface area (Å²) in [7, 11) is -5.54. The highest BCUT2D eigenvalue weighted by Crippen LogP contribution is 2.39. The van der Waals surface area contributed by atoms with E-state index in [0.717, 1.165) is 12.1 Å². The maximum atomic E-state index is 13.5. The summed E-state index contributed by atoms with van der Waals surface area (Å²) in [6.45, 7) is 3.04. The van der Waals surface area contributed by atoms with Gasteiger partial charge in [-0.2, -0.15) is 13.2 Å². The molecule has 0 radical (unpaired) electrons. The number of nitrogens with two attached hydrogens (primary N) is 1. The summed E-state index contributed by atoms with van der Waals surface area (Å²) in [5.74, 6) is -0.298. The van der Waals surface area contributed by atoms with E-state index in [-0.39, 0.29) is 24.4 Å². The topological polar surface area (TPSA) is 69.4 Å². The molecule has 0 spiro atoms. The number of benzene rings is 1. The van der Waals surface area contributed by atoms with E-state index in [2.05, 4.69) is 0 Å². The van der Waals surface area contributed by atoms with E-state index in [1.54, 1.807) is 19.9 Å². The number of allylic oxidation sites excluding steroid dienone is 1. The minimum Gasteiger partial charge on any atom is -0.489 e. The van der Waals surface area contributed by atoms with Crippen LogP contribution in [-0.2, 0) is 9.84 Å². The molecule has 2 rings (SSSR count). The highest BCUT2D eigenvalue weighted by atomic mass is 32.2. The van der Waals surface area contributed by atoms with Gasteiger partial charge in [0.2, 0.25) is 0 Å². The van der Waals surface area contributed by atoms with E-state index in [0.29, 0.717) is 24.0 Å². The summed E-state index contributed by atoms with van der Waals surface area (Å²) in [5.41, 5.74) is 1.43. The van der Waals surface area contributed by atoms with E-state index in [1.807, 2.05) is 0 Å². The molecule has 2 N–H and O–H groups in total. The van der Waals surface area contributed by atoms with Gasteiger partial charge in [-0.05, 0) is 55.0 Å². The van der Waals surface area contributed by atoms with Crippen molar-refractivity contribution in [2.75, 3.05) is 6.61 Å². The highest BCUT2D eigenvalue weighted by molar-refractivity contribution is 7.96. The van der Waals surface area contributed by atoms with Crippen LogP contribution in [0, 0.1) is 12.7 Å². The van der Waals surface area contributed by atoms with Crippen molar-refractivity contribution in [1.82, 2.24) is 0 Å². The van der Waals surface area contributed by atoms with Crippen LogP contribution in [-0.4, -0.2) is 26.6 Å². The minimum absolute atomic E-state index is 0.0534. The lowest BCUT2D eigenvalue weighted by atomic mass is 10.1. The summed E-state index contributed by atoms with van der Waals surface area (Å²) in [5, 5.41) is 0. The van der Waals surface area contributed by atoms with E-state index in [4.69, 9.17) is 10.5 Å². The zero-order chi connectivity index (χ0) is 20.4. The maximum Gasteiger partial charge on any atom is 0.501 e. The van der Waals surface area contributed by atoms with Crippen molar-refractivity contribution in [1.29, 1.82) is 0 Å². The van der Waals surface area contributed by atoms with Gasteiger partial charge in [-0.15, -0.1) is 0 Å². The second-order valence-electron chi connectivity index (χ2n) is 6.34. The van der Waals surface area contributed by atoms with Gasteiger partial charge in [0.25, 0.3) is 9.84 Å². The largest absolute Gasteiger partial charge is 0.501 e. The minimum atomic E-state index is -5.54. The first kappa shape index (κ1) is 21.4. The van der Waals surface area contributed by atoms with Crippen molar-refractivity contribution in [3.05, 3.63) is 51.7 Å². The second kappa shape index (κ2) is 8.02. The van der Waals surface area contributed by atoms with Crippen molar-refractivity contribution in [3.8, 4) is 5.75 Å². The zero-order valence-corrected chi connectivity index (χ0v) is 15.8. The number of sulfone groups is 1. The van der Waals surface area contributed by atoms with Crippen molar-refractivity contribution in [2.24, 2.45) is 5.73 Å². The number of halogens is 4. The molecule has 1 aromatic rings. The Morgan fingerprint density at radius 3 is 2.56 bits per heavy atom. The van der Waals surface area contributed by atoms with Gasteiger partial charge >= 0.3 is 5.51 Å². The number of hydrogen-bond acceptors (Lipinski definition) is 4. The Morgan fingerprint density at radius 1 is 1.33 bits per heavy atom. The van der Waals surface area contributed by atoms with Gasteiger partial charge in [0, 0.05) is 12.1 Å². The van der Waals surface area contributed by atoms with Crippen LogP contribution in [0.1, 0.15) is 31.7 Å². The summed E-state index contributed by atoms with van der Waals surface area (Å²) >= 11 is 0. The average Bonchev–Trinajstić information content (AvgIpc) is 2.89. The number of aryl methyl sites for hydroxylation is 1. The fourth-order valence-corrected chi connectivity index (χ4v) is 4.23. The van der Waals surface area contributed by atoms with Crippen LogP contribution in [0.25, 0.3) is 0 Å². The summed E-state index contributed by atoms with van der Waals surface area (Å²) in [6.07, 6.45) is 1.73. The van der Waals surface area contributed by atoms with Gasteiger partial charge in [0.05, 0.1) is 4.91 Å². The molecule has 0 amide bonds. The first-order valence-electron chi connectivity index (χ1n) is 8.36. The van der Waals surface area contributed by atoms with Gasteiger partial charge < -0.3 is 10.5 Å².